The molecule has 0 aliphatic carbocycles. The zero-order chi connectivity index (χ0) is 26.6. The van der Waals surface area contributed by atoms with Crippen molar-refractivity contribution in [1.29, 1.82) is 0 Å². The van der Waals surface area contributed by atoms with E-state index in [4.69, 9.17) is 9.97 Å². The molecule has 6 heteroatoms. The summed E-state index contributed by atoms with van der Waals surface area (Å²) in [6.07, 6.45) is 0.767. The third kappa shape index (κ3) is 5.54. The summed E-state index contributed by atoms with van der Waals surface area (Å²) in [6, 6.07) is 24.8. The van der Waals surface area contributed by atoms with Crippen LogP contribution in [0.15, 0.2) is 72.8 Å². The van der Waals surface area contributed by atoms with Gasteiger partial charge < -0.3 is 15.1 Å². The molecule has 4 aromatic rings. The number of aryl methyl sites for hydroxylation is 4. The number of aromatic nitrogens is 2. The van der Waals surface area contributed by atoms with E-state index >= 15 is 0 Å². The summed E-state index contributed by atoms with van der Waals surface area (Å²) < 4.78 is 0. The molecule has 0 radical (unpaired) electrons. The number of urea groups is 1. The number of hydrogen-bond donors (Lipinski definition) is 1. The highest BCUT2D eigenvalue weighted by Gasteiger charge is 2.26. The summed E-state index contributed by atoms with van der Waals surface area (Å²) in [5.41, 5.74) is 8.61. The Morgan fingerprint density at radius 3 is 2.18 bits per heavy atom. The van der Waals surface area contributed by atoms with Crippen LogP contribution < -0.4 is 10.2 Å². The monoisotopic (exact) mass is 505 g/mol. The summed E-state index contributed by atoms with van der Waals surface area (Å²) in [4.78, 5) is 27.4. The van der Waals surface area contributed by atoms with Crippen LogP contribution in [0.25, 0.3) is 11.4 Å². The Morgan fingerprint density at radius 2 is 1.50 bits per heavy atom. The molecule has 1 aromatic heterocycles. The third-order valence-electron chi connectivity index (χ3n) is 7.27. The van der Waals surface area contributed by atoms with E-state index in [1.807, 2.05) is 43.0 Å². The van der Waals surface area contributed by atoms with E-state index in [1.54, 1.807) is 0 Å². The van der Waals surface area contributed by atoms with Crippen LogP contribution in [0.4, 0.5) is 16.3 Å². The fourth-order valence-electron chi connectivity index (χ4n) is 5.08. The number of anilines is 2. The van der Waals surface area contributed by atoms with Gasteiger partial charge in [0, 0.05) is 55.1 Å². The minimum atomic E-state index is -0.0501. The lowest BCUT2D eigenvalue weighted by Gasteiger charge is -2.36. The zero-order valence-electron chi connectivity index (χ0n) is 22.7. The van der Waals surface area contributed by atoms with Gasteiger partial charge in [0.15, 0.2) is 5.82 Å². The SMILES string of the molecule is Cc1cccc(-c2nc(C)c(Cc3ccccc3)c(N3CCN(C(=O)Nc4c(C)cccc4C)CC3)n2)c1. The lowest BCUT2D eigenvalue weighted by Crippen LogP contribution is -2.50. The van der Waals surface area contributed by atoms with Gasteiger partial charge in [0.05, 0.1) is 0 Å². The second-order valence-corrected chi connectivity index (χ2v) is 10.1. The number of rotatable bonds is 5. The third-order valence-corrected chi connectivity index (χ3v) is 7.27. The van der Waals surface area contributed by atoms with Crippen molar-refractivity contribution >= 4 is 17.5 Å². The van der Waals surface area contributed by atoms with E-state index in [0.29, 0.717) is 26.2 Å². The van der Waals surface area contributed by atoms with E-state index in [2.05, 4.69) is 72.6 Å². The van der Waals surface area contributed by atoms with Crippen LogP contribution in [-0.4, -0.2) is 47.1 Å². The molecule has 5 rings (SSSR count). The lowest BCUT2D eigenvalue weighted by atomic mass is 10.0. The predicted molar refractivity (Wildman–Crippen MR) is 155 cm³/mol. The molecule has 1 aliphatic heterocycles. The Labute approximate surface area is 225 Å². The van der Waals surface area contributed by atoms with Crippen LogP contribution in [0.3, 0.4) is 0 Å². The van der Waals surface area contributed by atoms with Crippen LogP contribution in [0.2, 0.25) is 0 Å². The minimum Gasteiger partial charge on any atom is -0.353 e. The topological polar surface area (TPSA) is 61.4 Å². The van der Waals surface area contributed by atoms with Crippen LogP contribution >= 0.6 is 0 Å². The van der Waals surface area contributed by atoms with Crippen molar-refractivity contribution in [1.82, 2.24) is 14.9 Å². The molecule has 2 amide bonds. The van der Waals surface area contributed by atoms with Crippen molar-refractivity contribution in [2.24, 2.45) is 0 Å². The van der Waals surface area contributed by atoms with Gasteiger partial charge in [0.1, 0.15) is 5.82 Å². The number of nitrogens with zero attached hydrogens (tertiary/aromatic N) is 4. The molecule has 2 heterocycles. The Morgan fingerprint density at radius 1 is 0.816 bits per heavy atom. The number of nitrogens with one attached hydrogen (secondary N) is 1. The first-order valence-electron chi connectivity index (χ1n) is 13.2. The molecule has 1 N–H and O–H groups in total. The molecule has 0 saturated carbocycles. The maximum atomic E-state index is 13.1. The highest BCUT2D eigenvalue weighted by atomic mass is 16.2. The van der Waals surface area contributed by atoms with Crippen molar-refractivity contribution in [3.05, 3.63) is 106 Å². The van der Waals surface area contributed by atoms with Gasteiger partial charge in [-0.3, -0.25) is 0 Å². The van der Waals surface area contributed by atoms with Gasteiger partial charge in [0.25, 0.3) is 0 Å². The first-order chi connectivity index (χ1) is 18.4. The standard InChI is InChI=1S/C32H35N5O/c1-22-10-8-15-27(20-22)30-33-25(4)28(21-26-13-6-5-7-14-26)31(35-30)36-16-18-37(19-17-36)32(38)34-29-23(2)11-9-12-24(29)3/h5-15,20H,16-19,21H2,1-4H3,(H,34,38). The van der Waals surface area contributed by atoms with Crippen molar-refractivity contribution in [2.45, 2.75) is 34.1 Å². The van der Waals surface area contributed by atoms with Gasteiger partial charge in [-0.15, -0.1) is 0 Å². The van der Waals surface area contributed by atoms with Crippen LogP contribution in [0, 0.1) is 27.7 Å². The maximum Gasteiger partial charge on any atom is 0.321 e. The van der Waals surface area contributed by atoms with E-state index in [1.165, 1.54) is 11.1 Å². The minimum absolute atomic E-state index is 0.0501. The maximum absolute atomic E-state index is 13.1. The fourth-order valence-corrected chi connectivity index (χ4v) is 5.08. The second-order valence-electron chi connectivity index (χ2n) is 10.1. The smallest absolute Gasteiger partial charge is 0.321 e. The molecule has 1 aliphatic rings. The molecular weight excluding hydrogens is 470 g/mol. The predicted octanol–water partition coefficient (Wildman–Crippen LogP) is 6.32. The Balaban J connectivity index is 1.40. The normalized spacial score (nSPS) is 13.5. The Bertz CT molecular complexity index is 1420. The molecule has 0 bridgehead atoms. The quantitative estimate of drug-likeness (QED) is 0.345. The van der Waals surface area contributed by atoms with Crippen LogP contribution in [0.5, 0.6) is 0 Å². The highest BCUT2D eigenvalue weighted by molar-refractivity contribution is 5.91. The number of carbonyl (C=O) groups is 1. The molecule has 3 aromatic carbocycles. The molecule has 1 fully saturated rings. The highest BCUT2D eigenvalue weighted by Crippen LogP contribution is 2.29. The molecule has 1 saturated heterocycles. The summed E-state index contributed by atoms with van der Waals surface area (Å²) >= 11 is 0. The second kappa shape index (κ2) is 11.1. The van der Waals surface area contributed by atoms with Gasteiger partial charge in [-0.25, -0.2) is 14.8 Å². The molecule has 0 spiro atoms. The van der Waals surface area contributed by atoms with Crippen molar-refractivity contribution < 1.29 is 4.79 Å². The molecule has 6 nitrogen and oxygen atoms in total. The number of carbonyl (C=O) groups excluding carboxylic acids is 1. The summed E-state index contributed by atoms with van der Waals surface area (Å²) in [5.74, 6) is 1.71. The first kappa shape index (κ1) is 25.5. The van der Waals surface area contributed by atoms with E-state index in [-0.39, 0.29) is 6.03 Å². The van der Waals surface area contributed by atoms with E-state index in [0.717, 1.165) is 51.7 Å². The van der Waals surface area contributed by atoms with Crippen molar-refractivity contribution in [3.8, 4) is 11.4 Å². The van der Waals surface area contributed by atoms with Gasteiger partial charge in [-0.1, -0.05) is 72.3 Å². The average Bonchev–Trinajstić information content (AvgIpc) is 2.92. The fraction of sp³-hybridized carbons (Fsp3) is 0.281. The molecule has 38 heavy (non-hydrogen) atoms. The number of piperazine rings is 1. The molecule has 0 unspecified atom stereocenters. The van der Waals surface area contributed by atoms with Gasteiger partial charge in [-0.2, -0.15) is 0 Å². The van der Waals surface area contributed by atoms with Crippen molar-refractivity contribution in [3.63, 3.8) is 0 Å². The lowest BCUT2D eigenvalue weighted by molar-refractivity contribution is 0.208. The van der Waals surface area contributed by atoms with Crippen LogP contribution in [0.1, 0.15) is 33.5 Å². The Hall–Kier alpha value is -4.19. The van der Waals surface area contributed by atoms with E-state index < -0.39 is 0 Å². The largest absolute Gasteiger partial charge is 0.353 e. The first-order valence-corrected chi connectivity index (χ1v) is 13.2. The summed E-state index contributed by atoms with van der Waals surface area (Å²) in [7, 11) is 0. The number of amides is 2. The van der Waals surface area contributed by atoms with Gasteiger partial charge >= 0.3 is 6.03 Å². The van der Waals surface area contributed by atoms with Gasteiger partial charge in [0.2, 0.25) is 0 Å². The summed E-state index contributed by atoms with van der Waals surface area (Å²) in [5, 5.41) is 3.13. The number of hydrogen-bond acceptors (Lipinski definition) is 4. The molecular formula is C32H35N5O. The van der Waals surface area contributed by atoms with Crippen molar-refractivity contribution in [2.75, 3.05) is 36.4 Å². The number of benzene rings is 3. The zero-order valence-corrected chi connectivity index (χ0v) is 22.7. The van der Waals surface area contributed by atoms with Gasteiger partial charge in [-0.05, 0) is 50.5 Å². The Kier molecular flexibility index (Phi) is 7.40. The molecule has 0 atom stereocenters. The molecule has 194 valence electrons. The number of para-hydroxylation sites is 1. The van der Waals surface area contributed by atoms with E-state index in [9.17, 15) is 4.79 Å². The summed E-state index contributed by atoms with van der Waals surface area (Å²) in [6.45, 7) is 10.9. The van der Waals surface area contributed by atoms with Crippen LogP contribution in [-0.2, 0) is 6.42 Å². The average molecular weight is 506 g/mol.